The summed E-state index contributed by atoms with van der Waals surface area (Å²) in [5, 5.41) is 3.01. The highest BCUT2D eigenvalue weighted by Crippen LogP contribution is 2.12. The highest BCUT2D eigenvalue weighted by atomic mass is 16.1. The largest absolute Gasteiger partial charge is 0.352 e. The lowest BCUT2D eigenvalue weighted by Gasteiger charge is -2.15. The van der Waals surface area contributed by atoms with Gasteiger partial charge >= 0.3 is 0 Å². The second-order valence-electron chi connectivity index (χ2n) is 4.85. The molecule has 0 heterocycles. The third kappa shape index (κ3) is 5.30. The molecular weight excluding hydrogens is 238 g/mol. The average molecular weight is 263 g/mol. The summed E-state index contributed by atoms with van der Waals surface area (Å²) < 4.78 is 0. The van der Waals surface area contributed by atoms with E-state index in [-0.39, 0.29) is 5.91 Å². The predicted molar refractivity (Wildman–Crippen MR) is 79.9 cm³/mol. The van der Waals surface area contributed by atoms with E-state index >= 15 is 0 Å². The topological polar surface area (TPSA) is 67.2 Å². The second kappa shape index (κ2) is 8.53. The lowest BCUT2D eigenvalue weighted by molar-refractivity contribution is 0.0946. The minimum atomic E-state index is -0.0153. The highest BCUT2D eigenvalue weighted by molar-refractivity contribution is 5.94. The lowest BCUT2D eigenvalue weighted by atomic mass is 9.99. The van der Waals surface area contributed by atoms with E-state index in [1.54, 1.807) is 24.3 Å². The molecule has 0 fully saturated rings. The molecular formula is C15H25N3O. The second-order valence-corrected chi connectivity index (χ2v) is 4.85. The van der Waals surface area contributed by atoms with E-state index in [1.807, 2.05) is 0 Å². The van der Waals surface area contributed by atoms with Gasteiger partial charge in [-0.05, 0) is 36.6 Å². The molecule has 4 N–H and O–H groups in total. The van der Waals surface area contributed by atoms with Crippen LogP contribution >= 0.6 is 0 Å². The zero-order valence-corrected chi connectivity index (χ0v) is 11.9. The molecule has 0 aliphatic rings. The fraction of sp³-hybridized carbons (Fsp3) is 0.533. The number of hydrazine groups is 1. The maximum atomic E-state index is 12.0. The molecule has 0 aliphatic carbocycles. The van der Waals surface area contributed by atoms with Crippen LogP contribution in [-0.4, -0.2) is 12.5 Å². The molecule has 19 heavy (non-hydrogen) atoms. The minimum Gasteiger partial charge on any atom is -0.352 e. The van der Waals surface area contributed by atoms with E-state index in [0.717, 1.165) is 18.7 Å². The van der Waals surface area contributed by atoms with Gasteiger partial charge in [0.25, 0.3) is 5.91 Å². The number of benzene rings is 1. The van der Waals surface area contributed by atoms with Crippen LogP contribution in [0, 0.1) is 5.92 Å². The first-order chi connectivity index (χ1) is 9.21. The fourth-order valence-corrected chi connectivity index (χ4v) is 2.00. The number of carbonyl (C=O) groups excluding carboxylic acids is 1. The first-order valence-electron chi connectivity index (χ1n) is 7.06. The number of amides is 1. The van der Waals surface area contributed by atoms with Crippen molar-refractivity contribution in [1.82, 2.24) is 5.32 Å². The molecule has 0 bridgehead atoms. The molecule has 0 spiro atoms. The van der Waals surface area contributed by atoms with Crippen LogP contribution < -0.4 is 16.6 Å². The molecule has 1 atom stereocenters. The Hall–Kier alpha value is -1.55. The molecule has 1 rings (SSSR count). The molecule has 4 nitrogen and oxygen atoms in total. The molecule has 0 aromatic heterocycles. The summed E-state index contributed by atoms with van der Waals surface area (Å²) in [5.74, 6) is 5.85. The van der Waals surface area contributed by atoms with Crippen molar-refractivity contribution in [3.05, 3.63) is 29.8 Å². The number of nitrogens with one attached hydrogen (secondary N) is 2. The number of hydrogen-bond acceptors (Lipinski definition) is 3. The molecule has 0 saturated carbocycles. The summed E-state index contributed by atoms with van der Waals surface area (Å²) in [6.45, 7) is 5.12. The van der Waals surface area contributed by atoms with Gasteiger partial charge in [-0.15, -0.1) is 0 Å². The molecule has 1 amide bonds. The normalized spacial score (nSPS) is 11.9. The van der Waals surface area contributed by atoms with E-state index in [9.17, 15) is 4.79 Å². The SMILES string of the molecule is CCCCC(CC)CNC(=O)c1ccc(NN)cc1. The molecule has 1 aromatic rings. The van der Waals surface area contributed by atoms with Crippen LogP contribution in [0.3, 0.4) is 0 Å². The monoisotopic (exact) mass is 263 g/mol. The van der Waals surface area contributed by atoms with Crippen LogP contribution in [0.25, 0.3) is 0 Å². The van der Waals surface area contributed by atoms with Crippen LogP contribution in [0.1, 0.15) is 49.9 Å². The van der Waals surface area contributed by atoms with Crippen molar-refractivity contribution < 1.29 is 4.79 Å². The Labute approximate surface area is 115 Å². The molecule has 0 aliphatic heterocycles. The van der Waals surface area contributed by atoms with Gasteiger partial charge in [-0.25, -0.2) is 0 Å². The Balaban J connectivity index is 2.44. The first kappa shape index (κ1) is 15.5. The molecule has 0 radical (unpaired) electrons. The summed E-state index contributed by atoms with van der Waals surface area (Å²) in [6.07, 6.45) is 4.73. The van der Waals surface area contributed by atoms with Crippen molar-refractivity contribution in [1.29, 1.82) is 0 Å². The summed E-state index contributed by atoms with van der Waals surface area (Å²) in [4.78, 5) is 12.0. The van der Waals surface area contributed by atoms with E-state index in [0.29, 0.717) is 11.5 Å². The van der Waals surface area contributed by atoms with Crippen LogP contribution in [0.15, 0.2) is 24.3 Å². The van der Waals surface area contributed by atoms with Crippen LogP contribution in [-0.2, 0) is 0 Å². The first-order valence-corrected chi connectivity index (χ1v) is 7.06. The van der Waals surface area contributed by atoms with E-state index in [2.05, 4.69) is 24.6 Å². The molecule has 1 unspecified atom stereocenters. The third-order valence-corrected chi connectivity index (χ3v) is 3.41. The number of hydrogen-bond donors (Lipinski definition) is 3. The molecule has 4 heteroatoms. The van der Waals surface area contributed by atoms with Gasteiger partial charge in [0.1, 0.15) is 0 Å². The molecule has 106 valence electrons. The fourth-order valence-electron chi connectivity index (χ4n) is 2.00. The van der Waals surface area contributed by atoms with Gasteiger partial charge in [0.15, 0.2) is 0 Å². The summed E-state index contributed by atoms with van der Waals surface area (Å²) >= 11 is 0. The lowest BCUT2D eigenvalue weighted by Crippen LogP contribution is -2.29. The van der Waals surface area contributed by atoms with Gasteiger partial charge in [0, 0.05) is 17.8 Å². The summed E-state index contributed by atoms with van der Waals surface area (Å²) in [6, 6.07) is 7.14. The van der Waals surface area contributed by atoms with Gasteiger partial charge in [0.2, 0.25) is 0 Å². The maximum absolute atomic E-state index is 12.0. The Morgan fingerprint density at radius 1 is 1.26 bits per heavy atom. The van der Waals surface area contributed by atoms with Crippen molar-refractivity contribution in [3.8, 4) is 0 Å². The van der Waals surface area contributed by atoms with Gasteiger partial charge in [0.05, 0.1) is 0 Å². The van der Waals surface area contributed by atoms with Crippen LogP contribution in [0.4, 0.5) is 5.69 Å². The number of carbonyl (C=O) groups is 1. The number of nitrogens with two attached hydrogens (primary N) is 1. The van der Waals surface area contributed by atoms with Crippen molar-refractivity contribution in [2.24, 2.45) is 11.8 Å². The zero-order chi connectivity index (χ0) is 14.1. The Morgan fingerprint density at radius 3 is 2.47 bits per heavy atom. The smallest absolute Gasteiger partial charge is 0.251 e. The van der Waals surface area contributed by atoms with E-state index in [1.165, 1.54) is 19.3 Å². The Bertz CT molecular complexity index is 375. The Morgan fingerprint density at radius 2 is 1.95 bits per heavy atom. The van der Waals surface area contributed by atoms with E-state index < -0.39 is 0 Å². The van der Waals surface area contributed by atoms with E-state index in [4.69, 9.17) is 5.84 Å². The van der Waals surface area contributed by atoms with Gasteiger partial charge in [-0.3, -0.25) is 10.6 Å². The minimum absolute atomic E-state index is 0.0153. The number of anilines is 1. The van der Waals surface area contributed by atoms with Gasteiger partial charge in [-0.2, -0.15) is 0 Å². The Kier molecular flexibility index (Phi) is 6.97. The average Bonchev–Trinajstić information content (AvgIpc) is 2.47. The number of unbranched alkanes of at least 4 members (excludes halogenated alkanes) is 1. The highest BCUT2D eigenvalue weighted by Gasteiger charge is 2.09. The standard InChI is InChI=1S/C15H25N3O/c1-3-5-6-12(4-2)11-17-15(19)13-7-9-14(18-16)10-8-13/h7-10,12,18H,3-6,11,16H2,1-2H3,(H,17,19). The summed E-state index contributed by atoms with van der Waals surface area (Å²) in [7, 11) is 0. The predicted octanol–water partition coefficient (Wildman–Crippen LogP) is 2.92. The quantitative estimate of drug-likeness (QED) is 0.499. The third-order valence-electron chi connectivity index (χ3n) is 3.41. The van der Waals surface area contributed by atoms with Crippen molar-refractivity contribution >= 4 is 11.6 Å². The van der Waals surface area contributed by atoms with Crippen molar-refractivity contribution in [3.63, 3.8) is 0 Å². The van der Waals surface area contributed by atoms with Crippen LogP contribution in [0.5, 0.6) is 0 Å². The van der Waals surface area contributed by atoms with Crippen molar-refractivity contribution in [2.75, 3.05) is 12.0 Å². The number of rotatable bonds is 8. The zero-order valence-electron chi connectivity index (χ0n) is 11.9. The van der Waals surface area contributed by atoms with Crippen LogP contribution in [0.2, 0.25) is 0 Å². The number of nitrogen functional groups attached to an aromatic ring is 1. The summed E-state index contributed by atoms with van der Waals surface area (Å²) in [5.41, 5.74) is 4.01. The molecule has 1 aromatic carbocycles. The van der Waals surface area contributed by atoms with Gasteiger partial charge in [-0.1, -0.05) is 33.1 Å². The van der Waals surface area contributed by atoms with Gasteiger partial charge < -0.3 is 10.7 Å². The maximum Gasteiger partial charge on any atom is 0.251 e. The molecule has 0 saturated heterocycles. The van der Waals surface area contributed by atoms with Crippen molar-refractivity contribution in [2.45, 2.75) is 39.5 Å².